The van der Waals surface area contributed by atoms with Gasteiger partial charge in [0.05, 0.1) is 23.1 Å². The summed E-state index contributed by atoms with van der Waals surface area (Å²) in [5.74, 6) is 0.0654. The average Bonchev–Trinajstić information content (AvgIpc) is 3.15. The Bertz CT molecular complexity index is 1610. The number of hydrogen-bond acceptors (Lipinski definition) is 7. The molecule has 2 aromatic carbocycles. The van der Waals surface area contributed by atoms with Gasteiger partial charge in [0.15, 0.2) is 0 Å². The van der Waals surface area contributed by atoms with Crippen LogP contribution in [0.2, 0.25) is 5.02 Å². The first-order valence-corrected chi connectivity index (χ1v) is 18.0. The van der Waals surface area contributed by atoms with Crippen molar-refractivity contribution in [2.45, 2.75) is 75.1 Å². The largest absolute Gasteiger partial charge is 0.490 e. The highest BCUT2D eigenvalue weighted by molar-refractivity contribution is 7.90. The van der Waals surface area contributed by atoms with Gasteiger partial charge >= 0.3 is 0 Å². The van der Waals surface area contributed by atoms with Gasteiger partial charge in [-0.3, -0.25) is 4.79 Å². The van der Waals surface area contributed by atoms with Gasteiger partial charge in [0.2, 0.25) is 10.0 Å². The molecule has 2 aromatic rings. The third-order valence-electron chi connectivity index (χ3n) is 11.0. The molecule has 2 aliphatic heterocycles. The molecule has 45 heavy (non-hydrogen) atoms. The maximum atomic E-state index is 13.4. The predicted molar refractivity (Wildman–Crippen MR) is 176 cm³/mol. The first kappa shape index (κ1) is 32.1. The van der Waals surface area contributed by atoms with Crippen molar-refractivity contribution in [2.24, 2.45) is 17.8 Å². The summed E-state index contributed by atoms with van der Waals surface area (Å²) in [5.41, 5.74) is 2.44. The van der Waals surface area contributed by atoms with E-state index in [4.69, 9.17) is 21.1 Å². The van der Waals surface area contributed by atoms with E-state index in [0.717, 1.165) is 49.1 Å². The van der Waals surface area contributed by atoms with E-state index in [-0.39, 0.29) is 35.2 Å². The minimum absolute atomic E-state index is 0.0980. The van der Waals surface area contributed by atoms with Crippen LogP contribution in [0.25, 0.3) is 0 Å². The summed E-state index contributed by atoms with van der Waals surface area (Å²) in [6.07, 6.45) is 10.4. The van der Waals surface area contributed by atoms with Crippen LogP contribution in [-0.2, 0) is 31.4 Å². The van der Waals surface area contributed by atoms with Gasteiger partial charge in [-0.1, -0.05) is 36.7 Å². The minimum atomic E-state index is -3.97. The van der Waals surface area contributed by atoms with Crippen LogP contribution in [0, 0.1) is 17.8 Å². The van der Waals surface area contributed by atoms with Crippen LogP contribution < -0.4 is 14.4 Å². The summed E-state index contributed by atoms with van der Waals surface area (Å²) in [5, 5.41) is -0.0988. The zero-order valence-corrected chi connectivity index (χ0v) is 27.8. The maximum absolute atomic E-state index is 13.4. The lowest BCUT2D eigenvalue weighted by Crippen LogP contribution is -2.53. The number of carbonyl (C=O) groups excluding carboxylic acids is 2. The molecule has 1 N–H and O–H groups in total. The molecule has 0 radical (unpaired) electrons. The third-order valence-corrected chi connectivity index (χ3v) is 13.2. The molecule has 1 saturated carbocycles. The van der Waals surface area contributed by atoms with Crippen LogP contribution in [-0.4, -0.2) is 58.3 Å². The SMILES string of the molecule is CO[C@]1(CC=O)/C=C\C[C@H](C)[C@@H](C)S(=O)(=O)NC(=O)c2ccc3c(c2)N(C[C@@H]2CC[C@H]21)C[C@@]1(CCCc2cc(Cl)ccc21)CO3. The first-order valence-electron chi connectivity index (χ1n) is 16.0. The Morgan fingerprint density at radius 3 is 2.73 bits per heavy atom. The van der Waals surface area contributed by atoms with Crippen LogP contribution in [0.3, 0.4) is 0 Å². The fourth-order valence-corrected chi connectivity index (χ4v) is 9.49. The monoisotopic (exact) mass is 654 g/mol. The van der Waals surface area contributed by atoms with E-state index in [9.17, 15) is 18.0 Å². The van der Waals surface area contributed by atoms with Crippen LogP contribution in [0.4, 0.5) is 5.69 Å². The molecule has 2 bridgehead atoms. The van der Waals surface area contributed by atoms with Gasteiger partial charge in [0, 0.05) is 42.6 Å². The molecule has 6 rings (SSSR count). The number of aldehydes is 1. The number of aryl methyl sites for hydroxylation is 1. The second-order valence-corrected chi connectivity index (χ2v) is 16.0. The Kier molecular flexibility index (Phi) is 8.82. The normalized spacial score (nSPS) is 33.4. The van der Waals surface area contributed by atoms with Crippen molar-refractivity contribution in [3.8, 4) is 5.75 Å². The average molecular weight is 655 g/mol. The Morgan fingerprint density at radius 2 is 2.00 bits per heavy atom. The van der Waals surface area contributed by atoms with Crippen LogP contribution >= 0.6 is 11.6 Å². The van der Waals surface area contributed by atoms with E-state index in [0.29, 0.717) is 31.9 Å². The van der Waals surface area contributed by atoms with Crippen molar-refractivity contribution < 1.29 is 27.5 Å². The van der Waals surface area contributed by atoms with Gasteiger partial charge in [0.1, 0.15) is 12.0 Å². The summed E-state index contributed by atoms with van der Waals surface area (Å²) in [4.78, 5) is 27.8. The number of ether oxygens (including phenoxy) is 2. The van der Waals surface area contributed by atoms with E-state index in [2.05, 4.69) is 21.8 Å². The summed E-state index contributed by atoms with van der Waals surface area (Å²) in [6.45, 7) is 5.30. The van der Waals surface area contributed by atoms with E-state index >= 15 is 0 Å². The first-order chi connectivity index (χ1) is 21.5. The maximum Gasteiger partial charge on any atom is 0.264 e. The quantitative estimate of drug-likeness (QED) is 0.327. The molecule has 2 aliphatic carbocycles. The molecule has 4 aliphatic rings. The van der Waals surface area contributed by atoms with E-state index in [1.54, 1.807) is 32.2 Å². The molecule has 6 atom stereocenters. The molecule has 1 spiro atoms. The molecule has 1 fully saturated rings. The molecule has 0 aromatic heterocycles. The van der Waals surface area contributed by atoms with Crippen LogP contribution in [0.15, 0.2) is 48.6 Å². The van der Waals surface area contributed by atoms with Crippen LogP contribution in [0.1, 0.15) is 73.9 Å². The van der Waals surface area contributed by atoms with Gasteiger partial charge in [-0.15, -0.1) is 0 Å². The minimum Gasteiger partial charge on any atom is -0.490 e. The topological polar surface area (TPSA) is 102 Å². The summed E-state index contributed by atoms with van der Waals surface area (Å²) >= 11 is 6.42. The molecule has 8 nitrogen and oxygen atoms in total. The van der Waals surface area contributed by atoms with Gasteiger partial charge in [-0.2, -0.15) is 0 Å². The van der Waals surface area contributed by atoms with E-state index in [1.807, 2.05) is 25.1 Å². The third kappa shape index (κ3) is 5.92. The number of sulfonamides is 1. The highest BCUT2D eigenvalue weighted by Gasteiger charge is 2.49. The molecule has 2 heterocycles. The van der Waals surface area contributed by atoms with Crippen molar-refractivity contribution in [1.29, 1.82) is 0 Å². The number of amides is 1. The number of halogens is 1. The molecule has 242 valence electrons. The van der Waals surface area contributed by atoms with Gasteiger partial charge in [-0.25, -0.2) is 13.1 Å². The number of allylic oxidation sites excluding steroid dienone is 1. The number of nitrogens with one attached hydrogen (secondary N) is 1. The predicted octanol–water partition coefficient (Wildman–Crippen LogP) is 5.86. The Labute approximate surface area is 271 Å². The fourth-order valence-electron chi connectivity index (χ4n) is 8.01. The lowest BCUT2D eigenvalue weighted by molar-refractivity contribution is -0.120. The summed E-state index contributed by atoms with van der Waals surface area (Å²) in [6, 6.07) is 11.3. The number of carbonyl (C=O) groups is 2. The summed E-state index contributed by atoms with van der Waals surface area (Å²) < 4.78 is 41.7. The van der Waals surface area contributed by atoms with Crippen molar-refractivity contribution >= 4 is 39.5 Å². The number of rotatable bonds is 3. The summed E-state index contributed by atoms with van der Waals surface area (Å²) in [7, 11) is -2.31. The lowest BCUT2D eigenvalue weighted by atomic mass is 9.63. The Morgan fingerprint density at radius 1 is 1.18 bits per heavy atom. The Balaban J connectivity index is 1.46. The van der Waals surface area contributed by atoms with Crippen molar-refractivity contribution in [3.63, 3.8) is 0 Å². The highest BCUT2D eigenvalue weighted by Crippen LogP contribution is 2.49. The number of anilines is 1. The molecule has 0 saturated heterocycles. The van der Waals surface area contributed by atoms with Crippen molar-refractivity contribution in [3.05, 3.63) is 70.3 Å². The molecular weight excluding hydrogens is 612 g/mol. The van der Waals surface area contributed by atoms with Crippen molar-refractivity contribution in [2.75, 3.05) is 31.7 Å². The molecular formula is C35H43ClN2O6S. The van der Waals surface area contributed by atoms with Crippen LogP contribution in [0.5, 0.6) is 5.75 Å². The van der Waals surface area contributed by atoms with Gasteiger partial charge < -0.3 is 19.2 Å². The molecule has 10 heteroatoms. The number of methoxy groups -OCH3 is 1. The molecule has 1 amide bonds. The van der Waals surface area contributed by atoms with E-state index < -0.39 is 26.8 Å². The number of nitrogens with zero attached hydrogens (tertiary/aromatic N) is 1. The van der Waals surface area contributed by atoms with Gasteiger partial charge in [-0.05, 0) is 105 Å². The van der Waals surface area contributed by atoms with Gasteiger partial charge in [0.25, 0.3) is 5.91 Å². The number of fused-ring (bicyclic) bond motifs is 4. The highest BCUT2D eigenvalue weighted by atomic mass is 35.5. The standard InChI is InChI=1S/C35H43ClN2O6S/c1-23-6-4-15-35(43-3,16-17-39)30-11-8-27(30)20-38-21-34(14-5-7-25-18-28(36)10-12-29(25)34)22-44-32-13-9-26(19-31(32)38)33(40)37-45(41,42)24(23)2/h4,9-10,12-13,15,17-19,23-24,27,30H,5-8,11,14,16,20-22H2,1-3H3,(H,37,40)/b15-4-/t23-,24+,27-,30+,34-,35-/m0/s1. The van der Waals surface area contributed by atoms with Crippen molar-refractivity contribution in [1.82, 2.24) is 4.72 Å². The number of hydrogen-bond donors (Lipinski definition) is 1. The second kappa shape index (κ2) is 12.4. The fraction of sp³-hybridized carbons (Fsp3) is 0.543. The Hall–Kier alpha value is -2.88. The zero-order valence-electron chi connectivity index (χ0n) is 26.3. The number of benzene rings is 2. The van der Waals surface area contributed by atoms with E-state index in [1.165, 1.54) is 11.1 Å². The second-order valence-electron chi connectivity index (χ2n) is 13.6. The zero-order chi connectivity index (χ0) is 32.0. The molecule has 0 unspecified atom stereocenters. The lowest BCUT2D eigenvalue weighted by Gasteiger charge is -2.50. The smallest absolute Gasteiger partial charge is 0.264 e.